The molecule has 0 heterocycles. The molecule has 60 valence electrons. The Balaban J connectivity index is 0. The number of hydrogen-bond acceptors (Lipinski definition) is 3. The SMILES string of the molecule is O=C(O)CCC(=O)O.[O]=[Fe]. The molecule has 0 aromatic heterocycles. The average molecular weight is 190 g/mol. The van der Waals surface area contributed by atoms with Gasteiger partial charge in [0.05, 0.1) is 12.8 Å². The van der Waals surface area contributed by atoms with Gasteiger partial charge in [-0.15, -0.1) is 0 Å². The Morgan fingerprint density at radius 1 is 1.00 bits per heavy atom. The number of hydrogen-bond donors (Lipinski definition) is 2. The molecule has 0 amide bonds. The standard InChI is InChI=1S/C4H6O4.Fe.O/c5-3(6)1-2-4(7)8;;/h1-2H2,(H,5,6)(H,7,8);;. The topological polar surface area (TPSA) is 91.7 Å². The maximum absolute atomic E-state index is 9.64. The van der Waals surface area contributed by atoms with Crippen LogP contribution in [0.4, 0.5) is 0 Å². The number of carboxylic acid groups (broad SMARTS) is 2. The van der Waals surface area contributed by atoms with Crippen LogP contribution in [0.2, 0.25) is 0 Å². The first-order valence-electron chi connectivity index (χ1n) is 2.21. The molecule has 0 aromatic carbocycles. The van der Waals surface area contributed by atoms with E-state index < -0.39 is 11.9 Å². The van der Waals surface area contributed by atoms with Crippen molar-refractivity contribution in [2.75, 3.05) is 0 Å². The van der Waals surface area contributed by atoms with Crippen LogP contribution >= 0.6 is 0 Å². The van der Waals surface area contributed by atoms with E-state index in [-0.39, 0.29) is 12.8 Å². The Labute approximate surface area is 65.1 Å². The summed E-state index contributed by atoms with van der Waals surface area (Å²) in [6, 6.07) is 0. The summed E-state index contributed by atoms with van der Waals surface area (Å²) in [5, 5.41) is 15.8. The molecule has 2 N–H and O–H groups in total. The Bertz CT molecular complexity index is 109. The second-order valence-corrected chi connectivity index (χ2v) is 1.29. The van der Waals surface area contributed by atoms with Gasteiger partial charge in [0, 0.05) is 0 Å². The molecule has 0 radical (unpaired) electrons. The number of carbonyl (C=O) groups is 2. The molecule has 5 nitrogen and oxygen atoms in total. The molecule has 0 atom stereocenters. The van der Waals surface area contributed by atoms with Gasteiger partial charge in [0.1, 0.15) is 0 Å². The maximum atomic E-state index is 9.64. The van der Waals surface area contributed by atoms with Gasteiger partial charge in [0.25, 0.3) is 0 Å². The predicted molar refractivity (Wildman–Crippen MR) is 25.2 cm³/mol. The normalized spacial score (nSPS) is 7.30. The van der Waals surface area contributed by atoms with E-state index >= 15 is 0 Å². The molecule has 0 fully saturated rings. The third kappa shape index (κ3) is 15.7. The van der Waals surface area contributed by atoms with E-state index in [2.05, 4.69) is 0 Å². The molecule has 10 heavy (non-hydrogen) atoms. The molecule has 0 spiro atoms. The first kappa shape index (κ1) is 12.0. The summed E-state index contributed by atoms with van der Waals surface area (Å²) in [5.41, 5.74) is 0. The minimum absolute atomic E-state index is 0.296. The van der Waals surface area contributed by atoms with Crippen LogP contribution < -0.4 is 0 Å². The van der Waals surface area contributed by atoms with Gasteiger partial charge >= 0.3 is 31.7 Å². The van der Waals surface area contributed by atoms with Crippen LogP contribution in [0, 0.1) is 0 Å². The Morgan fingerprint density at radius 3 is 1.30 bits per heavy atom. The van der Waals surface area contributed by atoms with Gasteiger partial charge in [0.15, 0.2) is 0 Å². The van der Waals surface area contributed by atoms with Crippen LogP contribution in [0.25, 0.3) is 0 Å². The Morgan fingerprint density at radius 2 is 1.20 bits per heavy atom. The van der Waals surface area contributed by atoms with Crippen molar-refractivity contribution in [3.63, 3.8) is 0 Å². The van der Waals surface area contributed by atoms with Crippen molar-refractivity contribution in [3.05, 3.63) is 0 Å². The van der Waals surface area contributed by atoms with Gasteiger partial charge < -0.3 is 10.2 Å². The first-order chi connectivity index (χ1) is 4.63. The minimum atomic E-state index is -1.08. The van der Waals surface area contributed by atoms with Crippen LogP contribution in [-0.2, 0) is 29.4 Å². The van der Waals surface area contributed by atoms with Crippen molar-refractivity contribution in [2.45, 2.75) is 12.8 Å². The van der Waals surface area contributed by atoms with E-state index in [1.165, 1.54) is 0 Å². The Hall–Kier alpha value is -0.741. The van der Waals surface area contributed by atoms with Crippen molar-refractivity contribution in [1.29, 1.82) is 0 Å². The van der Waals surface area contributed by atoms with Gasteiger partial charge in [-0.05, 0) is 0 Å². The molecule has 0 aliphatic carbocycles. The summed E-state index contributed by atoms with van der Waals surface area (Å²) in [5.74, 6) is -2.15. The zero-order valence-corrected chi connectivity index (χ0v) is 5.99. The monoisotopic (exact) mass is 190 g/mol. The van der Waals surface area contributed by atoms with E-state index in [1.54, 1.807) is 0 Å². The summed E-state index contributed by atoms with van der Waals surface area (Å²) in [4.78, 5) is 19.3. The zero-order valence-electron chi connectivity index (χ0n) is 4.89. The van der Waals surface area contributed by atoms with Crippen molar-refractivity contribution in [2.24, 2.45) is 0 Å². The van der Waals surface area contributed by atoms with Gasteiger partial charge in [-0.3, -0.25) is 9.59 Å². The van der Waals surface area contributed by atoms with Crippen molar-refractivity contribution in [3.8, 4) is 0 Å². The molecule has 0 aliphatic rings. The molecule has 0 aromatic rings. The third-order valence-corrected chi connectivity index (χ3v) is 0.553. The van der Waals surface area contributed by atoms with Crippen molar-refractivity contribution in [1.82, 2.24) is 0 Å². The molecule has 0 saturated carbocycles. The van der Waals surface area contributed by atoms with E-state index in [4.69, 9.17) is 14.0 Å². The van der Waals surface area contributed by atoms with Gasteiger partial charge in [-0.25, -0.2) is 0 Å². The fraction of sp³-hybridized carbons (Fsp3) is 0.500. The summed E-state index contributed by atoms with van der Waals surface area (Å²) >= 11 is 2.00. The molecular formula is C4H6FeO5. The molecule has 0 saturated heterocycles. The molecule has 0 rings (SSSR count). The number of aliphatic carboxylic acids is 2. The van der Waals surface area contributed by atoms with Crippen LogP contribution in [-0.4, -0.2) is 22.2 Å². The molecule has 0 unspecified atom stereocenters. The van der Waals surface area contributed by atoms with E-state index in [0.717, 1.165) is 0 Å². The van der Waals surface area contributed by atoms with Crippen molar-refractivity contribution < 1.29 is 39.6 Å². The molecular weight excluding hydrogens is 184 g/mol. The van der Waals surface area contributed by atoms with Gasteiger partial charge in [-0.1, -0.05) is 0 Å². The van der Waals surface area contributed by atoms with Gasteiger partial charge in [0.2, 0.25) is 0 Å². The number of carboxylic acids is 2. The van der Waals surface area contributed by atoms with Crippen LogP contribution in [0.1, 0.15) is 12.8 Å². The van der Waals surface area contributed by atoms with Crippen LogP contribution in [0.3, 0.4) is 0 Å². The van der Waals surface area contributed by atoms with E-state index in [1.807, 2.05) is 15.9 Å². The summed E-state index contributed by atoms with van der Waals surface area (Å²) < 4.78 is 8.00. The van der Waals surface area contributed by atoms with E-state index in [9.17, 15) is 9.59 Å². The molecule has 6 heteroatoms. The van der Waals surface area contributed by atoms with Crippen LogP contribution in [0.15, 0.2) is 0 Å². The second kappa shape index (κ2) is 8.26. The number of rotatable bonds is 3. The average Bonchev–Trinajstić information content (AvgIpc) is 1.89. The molecule has 0 bridgehead atoms. The van der Waals surface area contributed by atoms with Gasteiger partial charge in [-0.2, -0.15) is 0 Å². The van der Waals surface area contributed by atoms with Crippen molar-refractivity contribution >= 4 is 11.9 Å². The molecule has 0 aliphatic heterocycles. The fourth-order valence-electron chi connectivity index (χ4n) is 0.214. The second-order valence-electron chi connectivity index (χ2n) is 1.29. The van der Waals surface area contributed by atoms with Crippen LogP contribution in [0.5, 0.6) is 0 Å². The predicted octanol–water partition coefficient (Wildman–Crippen LogP) is -0.186. The summed E-state index contributed by atoms with van der Waals surface area (Å²) in [6.45, 7) is 0. The quantitative estimate of drug-likeness (QED) is 0.601. The first-order valence-corrected chi connectivity index (χ1v) is 2.66. The van der Waals surface area contributed by atoms with E-state index in [0.29, 0.717) is 0 Å². The zero-order chi connectivity index (χ0) is 8.57. The summed E-state index contributed by atoms with van der Waals surface area (Å²) in [6.07, 6.45) is -0.593. The Kier molecular flexibility index (Phi) is 9.90. The summed E-state index contributed by atoms with van der Waals surface area (Å²) in [7, 11) is 0. The fourth-order valence-corrected chi connectivity index (χ4v) is 0.214. The third-order valence-electron chi connectivity index (χ3n) is 0.553.